The molecule has 0 spiro atoms. The molecule has 0 bridgehead atoms. The summed E-state index contributed by atoms with van der Waals surface area (Å²) in [6, 6.07) is 18.0. The van der Waals surface area contributed by atoms with E-state index < -0.39 is 29.9 Å². The van der Waals surface area contributed by atoms with Crippen LogP contribution >= 0.6 is 0 Å². The maximum Gasteiger partial charge on any atom is 0.420 e. The Morgan fingerprint density at radius 1 is 1.03 bits per heavy atom. The first-order valence-corrected chi connectivity index (χ1v) is 12.0. The van der Waals surface area contributed by atoms with E-state index in [9.17, 15) is 19.5 Å². The van der Waals surface area contributed by atoms with Crippen molar-refractivity contribution in [3.63, 3.8) is 0 Å². The Hall–Kier alpha value is -4.73. The van der Waals surface area contributed by atoms with Crippen LogP contribution in [0.2, 0.25) is 0 Å². The second-order valence-corrected chi connectivity index (χ2v) is 9.64. The number of rotatable bonds is 6. The highest BCUT2D eigenvalue weighted by atomic mass is 16.6. The van der Waals surface area contributed by atoms with Crippen LogP contribution in [0.1, 0.15) is 49.9 Å². The van der Waals surface area contributed by atoms with Gasteiger partial charge in [0.2, 0.25) is 6.10 Å². The number of pyridine rings is 1. The number of nitrogens with one attached hydrogen (secondary N) is 1. The zero-order valence-corrected chi connectivity index (χ0v) is 21.2. The number of hydrogen-bond acceptors (Lipinski definition) is 7. The molecule has 1 aromatic heterocycles. The number of ether oxygens (including phenoxy) is 1. The second kappa shape index (κ2) is 11.1. The molecule has 2 N–H and O–H groups in total. The summed E-state index contributed by atoms with van der Waals surface area (Å²) in [5.41, 5.74) is 2.10. The van der Waals surface area contributed by atoms with Crippen LogP contribution in [0.15, 0.2) is 84.3 Å². The molecular weight excluding hydrogens is 488 g/mol. The molecule has 3 amide bonds. The van der Waals surface area contributed by atoms with Crippen molar-refractivity contribution in [2.75, 3.05) is 5.32 Å². The molecule has 3 aromatic rings. The van der Waals surface area contributed by atoms with Crippen LogP contribution in [0.5, 0.6) is 0 Å². The molecule has 1 unspecified atom stereocenters. The minimum atomic E-state index is -1.45. The summed E-state index contributed by atoms with van der Waals surface area (Å²) < 4.78 is 5.38. The molecule has 0 fully saturated rings. The van der Waals surface area contributed by atoms with Crippen molar-refractivity contribution in [3.05, 3.63) is 95.8 Å². The van der Waals surface area contributed by atoms with Gasteiger partial charge < -0.3 is 20.0 Å². The normalized spacial score (nSPS) is 15.6. The number of anilines is 1. The van der Waals surface area contributed by atoms with Crippen molar-refractivity contribution < 1.29 is 29.1 Å². The molecule has 1 aliphatic heterocycles. The largest absolute Gasteiger partial charge is 0.464 e. The van der Waals surface area contributed by atoms with Gasteiger partial charge in [0.05, 0.1) is 11.8 Å². The summed E-state index contributed by atoms with van der Waals surface area (Å²) in [5.74, 6) is -0.374. The first kappa shape index (κ1) is 26.3. The third-order valence-corrected chi connectivity index (χ3v) is 5.62. The standard InChI is InChI=1S/C28H28N4O6/c1-28(2,3)37-27(36)32(26(34)35)24(18-8-5-4-6-9-18)19-11-13-21(14-12-19)30-25(33)23-16-22(31-38-23)20-10-7-15-29-17-20/h4-15,17,23-24H,16H2,1-3H3,(H,30,33)(H,34,35)/t23?,24-/m0/s1. The van der Waals surface area contributed by atoms with E-state index in [1.807, 2.05) is 6.07 Å². The van der Waals surface area contributed by atoms with Crippen molar-refractivity contribution in [2.24, 2.45) is 5.16 Å². The van der Waals surface area contributed by atoms with Crippen LogP contribution in [0.4, 0.5) is 15.3 Å². The Labute approximate surface area is 219 Å². The van der Waals surface area contributed by atoms with Gasteiger partial charge in [0, 0.05) is 30.1 Å². The molecule has 2 atom stereocenters. The van der Waals surface area contributed by atoms with Crippen molar-refractivity contribution in [1.29, 1.82) is 0 Å². The summed E-state index contributed by atoms with van der Waals surface area (Å²) in [6.45, 7) is 5.00. The summed E-state index contributed by atoms with van der Waals surface area (Å²) in [7, 11) is 0. The molecular formula is C28H28N4O6. The number of imide groups is 1. The summed E-state index contributed by atoms with van der Waals surface area (Å²) >= 11 is 0. The van der Waals surface area contributed by atoms with Gasteiger partial charge in [-0.25, -0.2) is 14.5 Å². The summed E-state index contributed by atoms with van der Waals surface area (Å²) in [6.07, 6.45) is 0.375. The van der Waals surface area contributed by atoms with Gasteiger partial charge in [0.25, 0.3) is 5.91 Å². The third-order valence-electron chi connectivity index (χ3n) is 5.62. The Morgan fingerprint density at radius 3 is 2.32 bits per heavy atom. The fraction of sp³-hybridized carbons (Fsp3) is 0.250. The van der Waals surface area contributed by atoms with Gasteiger partial charge in [0.15, 0.2) is 0 Å². The number of hydrogen-bond donors (Lipinski definition) is 2. The molecule has 196 valence electrons. The maximum atomic E-state index is 12.9. The molecule has 0 saturated carbocycles. The highest BCUT2D eigenvalue weighted by Crippen LogP contribution is 2.31. The Morgan fingerprint density at radius 2 is 1.71 bits per heavy atom. The molecule has 0 radical (unpaired) electrons. The zero-order valence-electron chi connectivity index (χ0n) is 21.2. The van der Waals surface area contributed by atoms with Gasteiger partial charge in [-0.3, -0.25) is 9.78 Å². The number of oxime groups is 1. The predicted octanol–water partition coefficient (Wildman–Crippen LogP) is 5.22. The highest BCUT2D eigenvalue weighted by molar-refractivity contribution is 6.05. The number of carbonyl (C=O) groups is 3. The first-order valence-electron chi connectivity index (χ1n) is 12.0. The number of aromatic nitrogens is 1. The number of carboxylic acid groups (broad SMARTS) is 1. The molecule has 2 aromatic carbocycles. The Bertz CT molecular complexity index is 1320. The smallest absolute Gasteiger partial charge is 0.420 e. The van der Waals surface area contributed by atoms with Gasteiger partial charge >= 0.3 is 12.2 Å². The van der Waals surface area contributed by atoms with Crippen molar-refractivity contribution in [2.45, 2.75) is 44.9 Å². The van der Waals surface area contributed by atoms with E-state index in [1.165, 1.54) is 0 Å². The van der Waals surface area contributed by atoms with Crippen LogP contribution in [-0.2, 0) is 14.4 Å². The number of amides is 3. The van der Waals surface area contributed by atoms with Gasteiger partial charge in [0.1, 0.15) is 5.60 Å². The van der Waals surface area contributed by atoms with Gasteiger partial charge in [-0.1, -0.05) is 47.6 Å². The second-order valence-electron chi connectivity index (χ2n) is 9.64. The Kier molecular flexibility index (Phi) is 7.71. The number of benzene rings is 2. The number of carbonyl (C=O) groups excluding carboxylic acids is 2. The highest BCUT2D eigenvalue weighted by Gasteiger charge is 2.36. The SMILES string of the molecule is CC(C)(C)OC(=O)N(C(=O)O)[C@@H](c1ccccc1)c1ccc(NC(=O)C2CC(c3cccnc3)=NO2)cc1. The Balaban J connectivity index is 1.52. The lowest BCUT2D eigenvalue weighted by Crippen LogP contribution is -2.42. The molecule has 2 heterocycles. The average molecular weight is 517 g/mol. The maximum absolute atomic E-state index is 12.9. The molecule has 4 rings (SSSR count). The monoisotopic (exact) mass is 516 g/mol. The van der Waals surface area contributed by atoms with Crippen LogP contribution in [0.3, 0.4) is 0 Å². The van der Waals surface area contributed by atoms with Crippen LogP contribution in [0, 0.1) is 0 Å². The molecule has 10 heteroatoms. The van der Waals surface area contributed by atoms with E-state index in [-0.39, 0.29) is 5.91 Å². The molecule has 0 aliphatic carbocycles. The quantitative estimate of drug-likeness (QED) is 0.459. The lowest BCUT2D eigenvalue weighted by molar-refractivity contribution is -0.125. The lowest BCUT2D eigenvalue weighted by atomic mass is 9.97. The van der Waals surface area contributed by atoms with Crippen molar-refractivity contribution in [1.82, 2.24) is 9.88 Å². The van der Waals surface area contributed by atoms with Gasteiger partial charge in [-0.05, 0) is 56.2 Å². The fourth-order valence-electron chi connectivity index (χ4n) is 3.92. The first-order chi connectivity index (χ1) is 18.1. The predicted molar refractivity (Wildman–Crippen MR) is 140 cm³/mol. The zero-order chi connectivity index (χ0) is 27.3. The van der Waals surface area contributed by atoms with E-state index in [0.29, 0.717) is 33.8 Å². The minimum absolute atomic E-state index is 0.301. The lowest BCUT2D eigenvalue weighted by Gasteiger charge is -2.31. The topological polar surface area (TPSA) is 130 Å². The van der Waals surface area contributed by atoms with Crippen molar-refractivity contribution in [3.8, 4) is 0 Å². The fourth-order valence-corrected chi connectivity index (χ4v) is 3.92. The minimum Gasteiger partial charge on any atom is -0.464 e. The summed E-state index contributed by atoms with van der Waals surface area (Å²) in [5, 5.41) is 16.8. The molecule has 10 nitrogen and oxygen atoms in total. The number of nitrogens with zero attached hydrogens (tertiary/aromatic N) is 3. The van der Waals surface area contributed by atoms with E-state index in [4.69, 9.17) is 9.57 Å². The van der Waals surface area contributed by atoms with Gasteiger partial charge in [-0.2, -0.15) is 0 Å². The van der Waals surface area contributed by atoms with E-state index in [1.54, 1.807) is 93.8 Å². The average Bonchev–Trinajstić information content (AvgIpc) is 3.38. The van der Waals surface area contributed by atoms with E-state index in [2.05, 4.69) is 15.5 Å². The molecule has 38 heavy (non-hydrogen) atoms. The van der Waals surface area contributed by atoms with Gasteiger partial charge in [-0.15, -0.1) is 0 Å². The third kappa shape index (κ3) is 6.33. The van der Waals surface area contributed by atoms with Crippen LogP contribution < -0.4 is 5.32 Å². The van der Waals surface area contributed by atoms with Crippen LogP contribution in [-0.4, -0.2) is 50.5 Å². The van der Waals surface area contributed by atoms with E-state index in [0.717, 1.165) is 5.56 Å². The summed E-state index contributed by atoms with van der Waals surface area (Å²) in [4.78, 5) is 48.0. The van der Waals surface area contributed by atoms with Crippen LogP contribution in [0.25, 0.3) is 0 Å². The molecule has 1 aliphatic rings. The van der Waals surface area contributed by atoms with Crippen molar-refractivity contribution >= 4 is 29.5 Å². The molecule has 0 saturated heterocycles. The van der Waals surface area contributed by atoms with E-state index >= 15 is 0 Å².